The van der Waals surface area contributed by atoms with Crippen LogP contribution < -0.4 is 15.7 Å². The van der Waals surface area contributed by atoms with E-state index in [1.165, 1.54) is 48.3 Å². The molecule has 0 heterocycles. The minimum Gasteiger partial charge on any atom is -0.180 e. The molecule has 0 radical (unpaired) electrons. The predicted molar refractivity (Wildman–Crippen MR) is 119 cm³/mol. The molecule has 4 rings (SSSR count). The van der Waals surface area contributed by atoms with Crippen molar-refractivity contribution in [3.63, 3.8) is 0 Å². The van der Waals surface area contributed by atoms with Gasteiger partial charge in [-0.05, 0) is 42.7 Å². The normalized spacial score (nSPS) is 15.6. The third-order valence-corrected chi connectivity index (χ3v) is 9.67. The molecule has 1 saturated carbocycles. The zero-order chi connectivity index (χ0) is 18.4. The summed E-state index contributed by atoms with van der Waals surface area (Å²) in [6.07, 6.45) is 7.77. The second-order valence-electron chi connectivity index (χ2n) is 7.59. The molecule has 27 heavy (non-hydrogen) atoms. The Bertz CT molecular complexity index is 771. The van der Waals surface area contributed by atoms with Crippen molar-refractivity contribution in [3.8, 4) is 0 Å². The zero-order valence-electron chi connectivity index (χ0n) is 15.9. The van der Waals surface area contributed by atoms with Crippen LogP contribution in [-0.2, 0) is 6.16 Å². The minimum atomic E-state index is -1.74. The van der Waals surface area contributed by atoms with E-state index in [1.54, 1.807) is 0 Å². The highest BCUT2D eigenvalue weighted by molar-refractivity contribution is 7.87. The van der Waals surface area contributed by atoms with Gasteiger partial charge in [-0.1, -0.05) is 86.0 Å². The summed E-state index contributed by atoms with van der Waals surface area (Å²) in [5, 5.41) is 7.19. The molecule has 1 N–H and O–H groups in total. The minimum absolute atomic E-state index is 0.621. The van der Waals surface area contributed by atoms with Crippen LogP contribution in [0.3, 0.4) is 0 Å². The maximum absolute atomic E-state index is 4.26. The molecule has 0 spiro atoms. The van der Waals surface area contributed by atoms with Crippen molar-refractivity contribution in [2.45, 2.75) is 44.3 Å². The monoisotopic (exact) mass is 374 g/mol. The average Bonchev–Trinajstić information content (AvgIpc) is 2.76. The van der Waals surface area contributed by atoms with Gasteiger partial charge in [0.1, 0.15) is 24.2 Å². The lowest BCUT2D eigenvalue weighted by atomic mass is 9.96. The van der Waals surface area contributed by atoms with Crippen molar-refractivity contribution >= 4 is 18.0 Å². The molecule has 0 aromatic heterocycles. The van der Waals surface area contributed by atoms with E-state index in [2.05, 4.69) is 96.1 Å². The van der Waals surface area contributed by atoms with Crippen LogP contribution in [0, 0.1) is 0 Å². The van der Waals surface area contributed by atoms with Crippen LogP contribution in [0.2, 0.25) is 0 Å². The number of hydrogen-bond donors (Lipinski definition) is 1. The zero-order valence-corrected chi connectivity index (χ0v) is 16.8. The van der Waals surface area contributed by atoms with E-state index in [0.29, 0.717) is 6.04 Å². The molecule has 3 aromatic carbocycles. The van der Waals surface area contributed by atoms with Crippen molar-refractivity contribution in [2.75, 3.05) is 0 Å². The lowest BCUT2D eigenvalue weighted by Gasteiger charge is -2.33. The molecule has 1 aliphatic carbocycles. The van der Waals surface area contributed by atoms with Crippen LogP contribution >= 0.6 is 7.41 Å². The number of rotatable bonds is 6. The molecule has 3 aromatic rings. The first-order valence-electron chi connectivity index (χ1n) is 10.2. The Kier molecular flexibility index (Phi) is 6.02. The molecule has 0 atom stereocenters. The number of nitrogens with one attached hydrogen (secondary N) is 1. The van der Waals surface area contributed by atoms with Crippen LogP contribution in [0.25, 0.3) is 0 Å². The van der Waals surface area contributed by atoms with Crippen molar-refractivity contribution in [1.82, 2.24) is 5.09 Å². The summed E-state index contributed by atoms with van der Waals surface area (Å²) in [6.45, 7) is 0. The highest BCUT2D eigenvalue weighted by atomic mass is 31.2. The van der Waals surface area contributed by atoms with Gasteiger partial charge in [0.25, 0.3) is 0 Å². The van der Waals surface area contributed by atoms with Gasteiger partial charge >= 0.3 is 0 Å². The van der Waals surface area contributed by atoms with Crippen molar-refractivity contribution in [1.29, 1.82) is 0 Å². The summed E-state index contributed by atoms with van der Waals surface area (Å²) in [4.78, 5) is 0. The fraction of sp³-hybridized carbons (Fsp3) is 0.280. The van der Waals surface area contributed by atoms with Gasteiger partial charge in [0.2, 0.25) is 0 Å². The SMILES string of the molecule is c1ccc(C[P+](NC2CCCCC2)(c2ccccc2)c2ccccc2)cc1. The second-order valence-corrected chi connectivity index (χ2v) is 10.8. The van der Waals surface area contributed by atoms with Gasteiger partial charge in [0.05, 0.1) is 0 Å². The molecule has 0 aliphatic heterocycles. The molecular weight excluding hydrogens is 345 g/mol. The Morgan fingerprint density at radius 2 is 1.11 bits per heavy atom. The van der Waals surface area contributed by atoms with Gasteiger partial charge in [0, 0.05) is 6.04 Å². The predicted octanol–water partition coefficient (Wildman–Crippen LogP) is 5.69. The van der Waals surface area contributed by atoms with Crippen LogP contribution in [0.5, 0.6) is 0 Å². The van der Waals surface area contributed by atoms with Crippen LogP contribution in [0.15, 0.2) is 91.0 Å². The topological polar surface area (TPSA) is 12.0 Å². The largest absolute Gasteiger partial charge is 0.180 e. The molecule has 2 heteroatoms. The van der Waals surface area contributed by atoms with Crippen LogP contribution in [0.4, 0.5) is 0 Å². The van der Waals surface area contributed by atoms with E-state index in [9.17, 15) is 0 Å². The molecule has 138 valence electrons. The fourth-order valence-electron chi connectivity index (χ4n) is 4.29. The molecule has 0 bridgehead atoms. The molecular formula is C25H29NP+. The summed E-state index contributed by atoms with van der Waals surface area (Å²) >= 11 is 0. The van der Waals surface area contributed by atoms with Crippen LogP contribution in [0.1, 0.15) is 37.7 Å². The summed E-state index contributed by atoms with van der Waals surface area (Å²) in [7, 11) is -1.74. The first kappa shape index (κ1) is 18.4. The van der Waals surface area contributed by atoms with Gasteiger partial charge in [-0.25, -0.2) is 0 Å². The smallest absolute Gasteiger partial charge is 0.150 e. The summed E-state index contributed by atoms with van der Waals surface area (Å²) in [5.41, 5.74) is 1.42. The molecule has 0 saturated heterocycles. The third kappa shape index (κ3) is 4.32. The molecule has 1 fully saturated rings. The Hall–Kier alpha value is -1.95. The van der Waals surface area contributed by atoms with E-state index >= 15 is 0 Å². The summed E-state index contributed by atoms with van der Waals surface area (Å²) in [5.74, 6) is 0. The van der Waals surface area contributed by atoms with Crippen molar-refractivity contribution in [3.05, 3.63) is 96.6 Å². The van der Waals surface area contributed by atoms with Crippen molar-refractivity contribution in [2.24, 2.45) is 0 Å². The standard InChI is InChI=1S/C25H29NP/c1-5-13-22(14-6-1)21-27(24-17-9-3-10-18-24,25-19-11-4-12-20-25)26-23-15-7-2-8-16-23/h1,3-6,9-14,17-20,23,26H,2,7-8,15-16,21H2/q+1. The van der Waals surface area contributed by atoms with E-state index in [0.717, 1.165) is 6.16 Å². The Labute approximate surface area is 164 Å². The molecule has 1 nitrogen and oxygen atoms in total. The number of benzene rings is 3. The maximum atomic E-state index is 4.26. The van der Waals surface area contributed by atoms with Crippen LogP contribution in [-0.4, -0.2) is 6.04 Å². The van der Waals surface area contributed by atoms with E-state index in [4.69, 9.17) is 0 Å². The second kappa shape index (κ2) is 8.83. The van der Waals surface area contributed by atoms with E-state index < -0.39 is 7.41 Å². The lowest BCUT2D eigenvalue weighted by Crippen LogP contribution is -2.41. The average molecular weight is 374 g/mol. The van der Waals surface area contributed by atoms with Gasteiger partial charge < -0.3 is 0 Å². The molecule has 1 aliphatic rings. The summed E-state index contributed by atoms with van der Waals surface area (Å²) < 4.78 is 0. The lowest BCUT2D eigenvalue weighted by molar-refractivity contribution is 0.420. The summed E-state index contributed by atoms with van der Waals surface area (Å²) in [6, 6.07) is 34.0. The van der Waals surface area contributed by atoms with Crippen molar-refractivity contribution < 1.29 is 0 Å². The first-order valence-corrected chi connectivity index (χ1v) is 12.2. The van der Waals surface area contributed by atoms with Gasteiger partial charge in [0.15, 0.2) is 0 Å². The van der Waals surface area contributed by atoms with Gasteiger partial charge in [-0.15, -0.1) is 0 Å². The highest BCUT2D eigenvalue weighted by Crippen LogP contribution is 2.56. The van der Waals surface area contributed by atoms with E-state index in [-0.39, 0.29) is 0 Å². The quantitative estimate of drug-likeness (QED) is 0.546. The Balaban J connectivity index is 1.82. The van der Waals surface area contributed by atoms with E-state index in [1.807, 2.05) is 0 Å². The third-order valence-electron chi connectivity index (χ3n) is 5.66. The molecule has 0 unspecified atom stereocenters. The highest BCUT2D eigenvalue weighted by Gasteiger charge is 2.45. The maximum Gasteiger partial charge on any atom is 0.150 e. The number of hydrogen-bond acceptors (Lipinski definition) is 1. The first-order chi connectivity index (χ1) is 13.4. The van der Waals surface area contributed by atoms with Gasteiger partial charge in [-0.3, -0.25) is 0 Å². The Morgan fingerprint density at radius 1 is 0.630 bits per heavy atom. The van der Waals surface area contributed by atoms with Gasteiger partial charge in [-0.2, -0.15) is 5.09 Å². The molecule has 0 amide bonds. The Morgan fingerprint density at radius 3 is 1.63 bits per heavy atom. The fourth-order valence-corrected chi connectivity index (χ4v) is 8.35.